The standard InChI is InChI=1S/C22H30BrN5O/c1-17-21(24-25-28(17)20-8-6-7-19(23)15-20)22(29)27-13-9-18(10-14-27)16-26-11-4-2-3-5-12-26/h6-8,15,18H,2-5,9-14,16H2,1H3. The van der Waals surface area contributed by atoms with Gasteiger partial charge in [0.25, 0.3) is 5.91 Å². The first kappa shape index (κ1) is 20.5. The van der Waals surface area contributed by atoms with E-state index in [-0.39, 0.29) is 5.91 Å². The van der Waals surface area contributed by atoms with Crippen LogP contribution in [0.15, 0.2) is 28.7 Å². The highest BCUT2D eigenvalue weighted by Crippen LogP contribution is 2.23. The molecule has 2 saturated heterocycles. The van der Waals surface area contributed by atoms with E-state index in [1.807, 2.05) is 36.1 Å². The fourth-order valence-corrected chi connectivity index (χ4v) is 4.92. The van der Waals surface area contributed by atoms with Crippen LogP contribution in [0.5, 0.6) is 0 Å². The van der Waals surface area contributed by atoms with Crippen molar-refractivity contribution >= 4 is 21.8 Å². The van der Waals surface area contributed by atoms with E-state index in [0.29, 0.717) is 11.6 Å². The maximum Gasteiger partial charge on any atom is 0.276 e. The fraction of sp³-hybridized carbons (Fsp3) is 0.591. The first-order chi connectivity index (χ1) is 14.1. The Labute approximate surface area is 181 Å². The van der Waals surface area contributed by atoms with Crippen LogP contribution in [0, 0.1) is 12.8 Å². The van der Waals surface area contributed by atoms with Gasteiger partial charge < -0.3 is 9.80 Å². The summed E-state index contributed by atoms with van der Waals surface area (Å²) in [4.78, 5) is 17.7. The van der Waals surface area contributed by atoms with Gasteiger partial charge in [-0.25, -0.2) is 4.68 Å². The first-order valence-electron chi connectivity index (χ1n) is 10.8. The number of nitrogens with zero attached hydrogens (tertiary/aromatic N) is 5. The van der Waals surface area contributed by atoms with Crippen molar-refractivity contribution in [3.63, 3.8) is 0 Å². The average Bonchev–Trinajstić information content (AvgIpc) is 2.93. The SMILES string of the molecule is Cc1c(C(=O)N2CCC(CN3CCCCCC3)CC2)nnn1-c1cccc(Br)c1. The predicted molar refractivity (Wildman–Crippen MR) is 117 cm³/mol. The van der Waals surface area contributed by atoms with Crippen molar-refractivity contribution in [3.05, 3.63) is 40.1 Å². The van der Waals surface area contributed by atoms with Gasteiger partial charge in [0.05, 0.1) is 11.4 Å². The molecule has 7 heteroatoms. The second kappa shape index (κ2) is 9.39. The smallest absolute Gasteiger partial charge is 0.276 e. The minimum Gasteiger partial charge on any atom is -0.337 e. The molecule has 0 aliphatic carbocycles. The van der Waals surface area contributed by atoms with Gasteiger partial charge in [0, 0.05) is 24.1 Å². The highest BCUT2D eigenvalue weighted by Gasteiger charge is 2.28. The maximum absolute atomic E-state index is 13.1. The Morgan fingerprint density at radius 1 is 1.10 bits per heavy atom. The number of carbonyl (C=O) groups is 1. The Balaban J connectivity index is 1.36. The number of halogens is 1. The summed E-state index contributed by atoms with van der Waals surface area (Å²) in [5, 5.41) is 8.45. The van der Waals surface area contributed by atoms with Crippen LogP contribution in [0.4, 0.5) is 0 Å². The summed E-state index contributed by atoms with van der Waals surface area (Å²) in [7, 11) is 0. The van der Waals surface area contributed by atoms with Crippen LogP contribution in [0.25, 0.3) is 5.69 Å². The zero-order valence-electron chi connectivity index (χ0n) is 17.2. The van der Waals surface area contributed by atoms with Crippen molar-refractivity contribution in [1.29, 1.82) is 0 Å². The van der Waals surface area contributed by atoms with Crippen LogP contribution in [-0.4, -0.2) is 63.4 Å². The van der Waals surface area contributed by atoms with Gasteiger partial charge in [-0.3, -0.25) is 4.79 Å². The van der Waals surface area contributed by atoms with E-state index in [0.717, 1.165) is 41.8 Å². The lowest BCUT2D eigenvalue weighted by Crippen LogP contribution is -2.42. The Bertz CT molecular complexity index is 835. The van der Waals surface area contributed by atoms with E-state index >= 15 is 0 Å². The molecule has 1 aromatic carbocycles. The molecule has 6 nitrogen and oxygen atoms in total. The van der Waals surface area contributed by atoms with Gasteiger partial charge in [0.15, 0.2) is 5.69 Å². The molecule has 1 amide bonds. The van der Waals surface area contributed by atoms with Gasteiger partial charge in [0.2, 0.25) is 0 Å². The van der Waals surface area contributed by atoms with Crippen molar-refractivity contribution < 1.29 is 4.79 Å². The molecule has 0 saturated carbocycles. The number of carbonyl (C=O) groups excluding carboxylic acids is 1. The lowest BCUT2D eigenvalue weighted by atomic mass is 9.95. The number of hydrogen-bond donors (Lipinski definition) is 0. The highest BCUT2D eigenvalue weighted by molar-refractivity contribution is 9.10. The largest absolute Gasteiger partial charge is 0.337 e. The highest BCUT2D eigenvalue weighted by atomic mass is 79.9. The van der Waals surface area contributed by atoms with Crippen LogP contribution in [0.3, 0.4) is 0 Å². The van der Waals surface area contributed by atoms with Crippen LogP contribution >= 0.6 is 15.9 Å². The Morgan fingerprint density at radius 2 is 1.83 bits per heavy atom. The minimum absolute atomic E-state index is 0.0111. The molecule has 2 fully saturated rings. The lowest BCUT2D eigenvalue weighted by molar-refractivity contribution is 0.0661. The van der Waals surface area contributed by atoms with Crippen molar-refractivity contribution in [2.24, 2.45) is 5.92 Å². The minimum atomic E-state index is 0.0111. The number of aromatic nitrogens is 3. The van der Waals surface area contributed by atoms with E-state index < -0.39 is 0 Å². The molecule has 0 spiro atoms. The van der Waals surface area contributed by atoms with E-state index in [9.17, 15) is 4.79 Å². The van der Waals surface area contributed by atoms with Crippen molar-refractivity contribution in [2.45, 2.75) is 45.4 Å². The number of benzene rings is 1. The Morgan fingerprint density at radius 3 is 2.52 bits per heavy atom. The molecule has 1 aromatic heterocycles. The number of rotatable bonds is 4. The molecule has 0 unspecified atom stereocenters. The van der Waals surface area contributed by atoms with Gasteiger partial charge >= 0.3 is 0 Å². The fourth-order valence-electron chi connectivity index (χ4n) is 4.53. The third-order valence-corrected chi connectivity index (χ3v) is 6.76. The molecular formula is C22H30BrN5O. The van der Waals surface area contributed by atoms with Gasteiger partial charge in [-0.2, -0.15) is 0 Å². The van der Waals surface area contributed by atoms with Gasteiger partial charge in [-0.15, -0.1) is 5.10 Å². The molecule has 2 aliphatic heterocycles. The summed E-state index contributed by atoms with van der Waals surface area (Å²) in [5.74, 6) is 0.715. The Hall–Kier alpha value is -1.73. The second-order valence-electron chi connectivity index (χ2n) is 8.37. The summed E-state index contributed by atoms with van der Waals surface area (Å²) >= 11 is 3.49. The van der Waals surface area contributed by atoms with Gasteiger partial charge in [-0.1, -0.05) is 40.1 Å². The molecule has 156 valence electrons. The van der Waals surface area contributed by atoms with Crippen LogP contribution in [0.2, 0.25) is 0 Å². The lowest BCUT2D eigenvalue weighted by Gasteiger charge is -2.34. The van der Waals surface area contributed by atoms with Crippen LogP contribution in [0.1, 0.15) is 54.7 Å². The van der Waals surface area contributed by atoms with E-state index in [1.54, 1.807) is 4.68 Å². The quantitative estimate of drug-likeness (QED) is 0.691. The zero-order valence-corrected chi connectivity index (χ0v) is 18.8. The number of likely N-dealkylation sites (tertiary alicyclic amines) is 2. The molecule has 0 N–H and O–H groups in total. The average molecular weight is 460 g/mol. The Kier molecular flexibility index (Phi) is 6.65. The van der Waals surface area contributed by atoms with Gasteiger partial charge in [0.1, 0.15) is 0 Å². The zero-order chi connectivity index (χ0) is 20.2. The molecule has 4 rings (SSSR count). The van der Waals surface area contributed by atoms with Crippen molar-refractivity contribution in [3.8, 4) is 5.69 Å². The summed E-state index contributed by atoms with van der Waals surface area (Å²) < 4.78 is 2.72. The van der Waals surface area contributed by atoms with E-state index in [2.05, 4.69) is 31.1 Å². The topological polar surface area (TPSA) is 54.3 Å². The van der Waals surface area contributed by atoms with Crippen molar-refractivity contribution in [1.82, 2.24) is 24.8 Å². The molecule has 0 bridgehead atoms. The third-order valence-electron chi connectivity index (χ3n) is 6.27. The second-order valence-corrected chi connectivity index (χ2v) is 9.28. The normalized spacial score (nSPS) is 19.3. The molecule has 0 radical (unpaired) electrons. The van der Waals surface area contributed by atoms with Crippen molar-refractivity contribution in [2.75, 3.05) is 32.7 Å². The monoisotopic (exact) mass is 459 g/mol. The predicted octanol–water partition coefficient (Wildman–Crippen LogP) is 4.07. The first-order valence-corrected chi connectivity index (χ1v) is 11.6. The van der Waals surface area contributed by atoms with E-state index in [4.69, 9.17) is 0 Å². The summed E-state index contributed by atoms with van der Waals surface area (Å²) in [6.07, 6.45) is 7.60. The molecule has 29 heavy (non-hydrogen) atoms. The van der Waals surface area contributed by atoms with Crippen LogP contribution < -0.4 is 0 Å². The molecular weight excluding hydrogens is 430 g/mol. The number of amides is 1. The number of hydrogen-bond acceptors (Lipinski definition) is 4. The number of piperidine rings is 1. The third kappa shape index (κ3) is 4.89. The van der Waals surface area contributed by atoms with E-state index in [1.165, 1.54) is 45.3 Å². The van der Waals surface area contributed by atoms with Gasteiger partial charge in [-0.05, 0) is 69.8 Å². The summed E-state index contributed by atoms with van der Waals surface area (Å²) in [6, 6.07) is 7.87. The maximum atomic E-state index is 13.1. The molecule has 3 heterocycles. The molecule has 0 atom stereocenters. The molecule has 2 aromatic rings. The molecule has 2 aliphatic rings. The van der Waals surface area contributed by atoms with Crippen LogP contribution in [-0.2, 0) is 0 Å². The summed E-state index contributed by atoms with van der Waals surface area (Å²) in [6.45, 7) is 7.25. The summed E-state index contributed by atoms with van der Waals surface area (Å²) in [5.41, 5.74) is 2.16.